The minimum absolute atomic E-state index is 0.125. The quantitative estimate of drug-likeness (QED) is 0.200. The topological polar surface area (TPSA) is 78.0 Å². The van der Waals surface area contributed by atoms with Crippen molar-refractivity contribution in [2.24, 2.45) is 0 Å². The molecular weight excluding hydrogens is 573 g/mol. The van der Waals surface area contributed by atoms with Crippen LogP contribution in [0.1, 0.15) is 51.3 Å². The summed E-state index contributed by atoms with van der Waals surface area (Å²) < 4.78 is 57.9. The van der Waals surface area contributed by atoms with E-state index in [4.69, 9.17) is 14.2 Å². The van der Waals surface area contributed by atoms with Crippen molar-refractivity contribution in [3.63, 3.8) is 0 Å². The lowest BCUT2D eigenvalue weighted by Crippen LogP contribution is -2.31. The SMILES string of the molecule is COC(=O)c1ccc(-c2ccc(OC)c(-c3ccc(C(F)(F)F)cc3CN3C(=O)O[C@H](c4ccnc(C)c4)[C@@H]3C)c2)c(C)c1. The van der Waals surface area contributed by atoms with Gasteiger partial charge in [0.1, 0.15) is 11.9 Å². The Morgan fingerprint density at radius 2 is 1.70 bits per heavy atom. The maximum Gasteiger partial charge on any atom is 0.416 e. The average molecular weight is 605 g/mol. The van der Waals surface area contributed by atoms with E-state index in [9.17, 15) is 22.8 Å². The van der Waals surface area contributed by atoms with Crippen LogP contribution >= 0.6 is 0 Å². The molecule has 1 aliphatic rings. The number of pyridine rings is 1. The van der Waals surface area contributed by atoms with E-state index >= 15 is 0 Å². The van der Waals surface area contributed by atoms with Gasteiger partial charge >= 0.3 is 18.2 Å². The van der Waals surface area contributed by atoms with Crippen LogP contribution in [0.15, 0.2) is 72.9 Å². The first-order valence-corrected chi connectivity index (χ1v) is 13.9. The molecule has 5 rings (SSSR count). The first-order chi connectivity index (χ1) is 20.9. The van der Waals surface area contributed by atoms with Crippen molar-refractivity contribution < 1.29 is 37.0 Å². The van der Waals surface area contributed by atoms with Gasteiger partial charge < -0.3 is 14.2 Å². The summed E-state index contributed by atoms with van der Waals surface area (Å²) in [5, 5.41) is 0. The van der Waals surface area contributed by atoms with Gasteiger partial charge in [0.25, 0.3) is 0 Å². The van der Waals surface area contributed by atoms with E-state index in [-0.39, 0.29) is 12.1 Å². The number of halogens is 3. The number of carbonyl (C=O) groups excluding carboxylic acids is 2. The van der Waals surface area contributed by atoms with Crippen molar-refractivity contribution in [2.45, 2.75) is 45.6 Å². The second-order valence-electron chi connectivity index (χ2n) is 10.7. The zero-order valence-corrected chi connectivity index (χ0v) is 24.9. The predicted molar refractivity (Wildman–Crippen MR) is 158 cm³/mol. The van der Waals surface area contributed by atoms with Crippen LogP contribution in [0.4, 0.5) is 18.0 Å². The number of hydrogen-bond acceptors (Lipinski definition) is 6. The Morgan fingerprint density at radius 3 is 2.36 bits per heavy atom. The number of methoxy groups -OCH3 is 2. The van der Waals surface area contributed by atoms with Gasteiger partial charge in [-0.3, -0.25) is 9.88 Å². The molecule has 0 N–H and O–H groups in total. The molecule has 228 valence electrons. The molecule has 44 heavy (non-hydrogen) atoms. The molecule has 0 radical (unpaired) electrons. The van der Waals surface area contributed by atoms with E-state index in [1.807, 2.05) is 32.0 Å². The average Bonchev–Trinajstić information content (AvgIpc) is 3.28. The van der Waals surface area contributed by atoms with Gasteiger partial charge in [0.2, 0.25) is 0 Å². The Balaban J connectivity index is 1.58. The molecule has 10 heteroatoms. The molecule has 1 fully saturated rings. The van der Waals surface area contributed by atoms with Gasteiger partial charge in [-0.15, -0.1) is 0 Å². The van der Waals surface area contributed by atoms with Crippen molar-refractivity contribution in [3.8, 4) is 28.0 Å². The monoisotopic (exact) mass is 604 g/mol. The number of amides is 1. The molecule has 0 aliphatic carbocycles. The van der Waals surface area contributed by atoms with Crippen LogP contribution in [0.5, 0.6) is 5.75 Å². The number of alkyl halides is 3. The third-order valence-corrected chi connectivity index (χ3v) is 7.86. The number of ether oxygens (including phenoxy) is 3. The molecule has 0 bridgehead atoms. The van der Waals surface area contributed by atoms with E-state index in [1.54, 1.807) is 43.5 Å². The van der Waals surface area contributed by atoms with Crippen LogP contribution in [-0.2, 0) is 22.2 Å². The highest BCUT2D eigenvalue weighted by Gasteiger charge is 2.40. The predicted octanol–water partition coefficient (Wildman–Crippen LogP) is 7.93. The van der Waals surface area contributed by atoms with Crippen molar-refractivity contribution in [2.75, 3.05) is 14.2 Å². The summed E-state index contributed by atoms with van der Waals surface area (Å²) in [6.07, 6.45) is -4.19. The number of hydrogen-bond donors (Lipinski definition) is 0. The fourth-order valence-electron chi connectivity index (χ4n) is 5.57. The number of rotatable bonds is 7. The first-order valence-electron chi connectivity index (χ1n) is 13.9. The maximum absolute atomic E-state index is 13.9. The summed E-state index contributed by atoms with van der Waals surface area (Å²) in [4.78, 5) is 30.7. The second kappa shape index (κ2) is 12.0. The molecule has 4 aromatic rings. The summed E-state index contributed by atoms with van der Waals surface area (Å²) in [6, 6.07) is 17.2. The Kier molecular flexibility index (Phi) is 8.36. The molecule has 3 aromatic carbocycles. The summed E-state index contributed by atoms with van der Waals surface area (Å²) >= 11 is 0. The number of aryl methyl sites for hydroxylation is 2. The number of carbonyl (C=O) groups is 2. The van der Waals surface area contributed by atoms with E-state index in [1.165, 1.54) is 25.2 Å². The molecule has 0 saturated carbocycles. The van der Waals surface area contributed by atoms with Gasteiger partial charge in [-0.1, -0.05) is 18.2 Å². The second-order valence-corrected chi connectivity index (χ2v) is 10.7. The van der Waals surface area contributed by atoms with Crippen LogP contribution in [0.25, 0.3) is 22.3 Å². The lowest BCUT2D eigenvalue weighted by atomic mass is 9.91. The number of esters is 1. The molecule has 1 saturated heterocycles. The maximum atomic E-state index is 13.9. The highest BCUT2D eigenvalue weighted by molar-refractivity contribution is 5.91. The van der Waals surface area contributed by atoms with Gasteiger partial charge in [-0.05, 0) is 103 Å². The van der Waals surface area contributed by atoms with Crippen LogP contribution in [0.3, 0.4) is 0 Å². The van der Waals surface area contributed by atoms with Crippen LogP contribution in [0.2, 0.25) is 0 Å². The lowest BCUT2D eigenvalue weighted by Gasteiger charge is -2.24. The van der Waals surface area contributed by atoms with Crippen LogP contribution in [0, 0.1) is 13.8 Å². The zero-order chi connectivity index (χ0) is 31.8. The number of benzene rings is 3. The lowest BCUT2D eigenvalue weighted by molar-refractivity contribution is -0.137. The Morgan fingerprint density at radius 1 is 0.955 bits per heavy atom. The number of aromatic nitrogens is 1. The summed E-state index contributed by atoms with van der Waals surface area (Å²) in [5.41, 5.74) is 4.78. The Hall–Kier alpha value is -4.86. The van der Waals surface area contributed by atoms with Crippen LogP contribution in [-0.4, -0.2) is 42.2 Å². The van der Waals surface area contributed by atoms with Gasteiger partial charge in [-0.25, -0.2) is 9.59 Å². The van der Waals surface area contributed by atoms with E-state index in [0.717, 1.165) is 40.1 Å². The van der Waals surface area contributed by atoms with Crippen molar-refractivity contribution >= 4 is 12.1 Å². The number of nitrogens with zero attached hydrogens (tertiary/aromatic N) is 2. The molecule has 2 atom stereocenters. The fraction of sp³-hybridized carbons (Fsp3) is 0.265. The third-order valence-electron chi connectivity index (χ3n) is 7.86. The normalized spacial score (nSPS) is 16.5. The molecule has 2 heterocycles. The number of cyclic esters (lactones) is 1. The van der Waals surface area contributed by atoms with Gasteiger partial charge in [0.05, 0.1) is 37.9 Å². The zero-order valence-electron chi connectivity index (χ0n) is 24.9. The molecular formula is C34H31F3N2O5. The minimum Gasteiger partial charge on any atom is -0.496 e. The van der Waals surface area contributed by atoms with E-state index < -0.39 is 35.9 Å². The van der Waals surface area contributed by atoms with Crippen molar-refractivity contribution in [1.82, 2.24) is 9.88 Å². The highest BCUT2D eigenvalue weighted by atomic mass is 19.4. The Labute approximate surface area is 253 Å². The largest absolute Gasteiger partial charge is 0.496 e. The van der Waals surface area contributed by atoms with Gasteiger partial charge in [0.15, 0.2) is 0 Å². The van der Waals surface area contributed by atoms with E-state index in [2.05, 4.69) is 4.98 Å². The summed E-state index contributed by atoms with van der Waals surface area (Å²) in [6.45, 7) is 5.37. The molecule has 1 aliphatic heterocycles. The summed E-state index contributed by atoms with van der Waals surface area (Å²) in [7, 11) is 2.80. The highest BCUT2D eigenvalue weighted by Crippen LogP contribution is 2.41. The summed E-state index contributed by atoms with van der Waals surface area (Å²) in [5.74, 6) is -0.0128. The third kappa shape index (κ3) is 5.97. The molecule has 0 spiro atoms. The van der Waals surface area contributed by atoms with Crippen molar-refractivity contribution in [1.29, 1.82) is 0 Å². The molecule has 1 amide bonds. The standard InChI is InChI=1S/C34H31F3N2O5/c1-19-14-24(32(40)43-5)6-9-27(19)22-7-11-30(42-4)29(17-22)28-10-8-26(34(35,36)37)16-25(28)18-39-21(3)31(44-33(39)41)23-12-13-38-20(2)15-23/h6-17,21,31H,18H2,1-5H3/t21-,31-/m0/s1. The van der Waals surface area contributed by atoms with E-state index in [0.29, 0.717) is 22.4 Å². The van der Waals surface area contributed by atoms with Crippen LogP contribution < -0.4 is 4.74 Å². The first kappa shape index (κ1) is 30.6. The van der Waals surface area contributed by atoms with Crippen molar-refractivity contribution in [3.05, 3.63) is 106 Å². The van der Waals surface area contributed by atoms with Gasteiger partial charge in [0, 0.05) is 17.5 Å². The smallest absolute Gasteiger partial charge is 0.416 e. The van der Waals surface area contributed by atoms with Gasteiger partial charge in [-0.2, -0.15) is 13.2 Å². The Bertz CT molecular complexity index is 1740. The minimum atomic E-state index is -4.59. The molecule has 0 unspecified atom stereocenters. The molecule has 7 nitrogen and oxygen atoms in total. The fourth-order valence-corrected chi connectivity index (χ4v) is 5.57. The molecule has 1 aromatic heterocycles.